The summed E-state index contributed by atoms with van der Waals surface area (Å²) >= 11 is 1.63. The van der Waals surface area contributed by atoms with Crippen molar-refractivity contribution in [2.75, 3.05) is 18.0 Å². The van der Waals surface area contributed by atoms with Crippen molar-refractivity contribution < 1.29 is 4.79 Å². The van der Waals surface area contributed by atoms with Crippen molar-refractivity contribution in [1.29, 1.82) is 0 Å². The SMILES string of the molecule is Cc1csc(-c2ccc(C(=O)NC3CCCN(c4ccccc4)C3)cc2)n1. The normalized spacial score (nSPS) is 16.9. The summed E-state index contributed by atoms with van der Waals surface area (Å²) in [7, 11) is 0. The molecule has 1 fully saturated rings. The van der Waals surface area contributed by atoms with Gasteiger partial charge in [0, 0.05) is 47.0 Å². The van der Waals surface area contributed by atoms with Gasteiger partial charge < -0.3 is 10.2 Å². The maximum atomic E-state index is 12.7. The number of hydrogen-bond donors (Lipinski definition) is 1. The largest absolute Gasteiger partial charge is 0.369 e. The summed E-state index contributed by atoms with van der Waals surface area (Å²) in [4.78, 5) is 19.5. The number of para-hydroxylation sites is 1. The highest BCUT2D eigenvalue weighted by Gasteiger charge is 2.22. The van der Waals surface area contributed by atoms with Crippen molar-refractivity contribution >= 4 is 22.9 Å². The third kappa shape index (κ3) is 4.19. The molecular weight excluding hydrogens is 354 g/mol. The Morgan fingerprint density at radius 1 is 1.15 bits per heavy atom. The molecule has 1 N–H and O–H groups in total. The molecule has 0 spiro atoms. The molecule has 1 aliphatic rings. The van der Waals surface area contributed by atoms with Crippen LogP contribution in [0.3, 0.4) is 0 Å². The predicted octanol–water partition coefficient (Wildman–Crippen LogP) is 4.52. The molecule has 4 nitrogen and oxygen atoms in total. The van der Waals surface area contributed by atoms with Gasteiger partial charge in [-0.05, 0) is 44.0 Å². The second kappa shape index (κ2) is 7.92. The van der Waals surface area contributed by atoms with Crippen molar-refractivity contribution in [1.82, 2.24) is 10.3 Å². The number of thiazole rings is 1. The van der Waals surface area contributed by atoms with Gasteiger partial charge >= 0.3 is 0 Å². The van der Waals surface area contributed by atoms with Crippen molar-refractivity contribution in [3.05, 3.63) is 71.2 Å². The first-order valence-corrected chi connectivity index (χ1v) is 10.2. The Bertz CT molecular complexity index is 905. The smallest absolute Gasteiger partial charge is 0.251 e. The molecule has 1 saturated heterocycles. The lowest BCUT2D eigenvalue weighted by Crippen LogP contribution is -2.47. The highest BCUT2D eigenvalue weighted by Crippen LogP contribution is 2.24. The molecule has 1 aromatic heterocycles. The first-order valence-electron chi connectivity index (χ1n) is 9.32. The molecule has 3 aromatic rings. The minimum Gasteiger partial charge on any atom is -0.369 e. The van der Waals surface area contributed by atoms with Gasteiger partial charge in [0.05, 0.1) is 0 Å². The summed E-state index contributed by atoms with van der Waals surface area (Å²) in [6, 6.07) is 18.3. The molecule has 0 aliphatic carbocycles. The summed E-state index contributed by atoms with van der Waals surface area (Å²) in [5.74, 6) is -0.00298. The second-order valence-electron chi connectivity index (χ2n) is 6.97. The van der Waals surface area contributed by atoms with E-state index in [1.807, 2.05) is 42.6 Å². The molecule has 138 valence electrons. The number of amides is 1. The number of hydrogen-bond acceptors (Lipinski definition) is 4. The van der Waals surface area contributed by atoms with Crippen LogP contribution in [0.4, 0.5) is 5.69 Å². The van der Waals surface area contributed by atoms with Gasteiger partial charge in [-0.15, -0.1) is 11.3 Å². The third-order valence-electron chi connectivity index (χ3n) is 4.89. The minimum atomic E-state index is -0.00298. The number of benzene rings is 2. The monoisotopic (exact) mass is 377 g/mol. The fourth-order valence-electron chi connectivity index (χ4n) is 3.49. The molecule has 0 bridgehead atoms. The molecule has 2 aromatic carbocycles. The van der Waals surface area contributed by atoms with Gasteiger partial charge in [0.15, 0.2) is 0 Å². The van der Waals surface area contributed by atoms with E-state index in [0.29, 0.717) is 5.56 Å². The van der Waals surface area contributed by atoms with E-state index in [1.54, 1.807) is 11.3 Å². The molecule has 1 amide bonds. The standard InChI is InChI=1S/C22H23N3OS/c1-16-15-27-22(23-16)18-11-9-17(10-12-18)21(26)24-19-6-5-13-25(14-19)20-7-3-2-4-8-20/h2-4,7-12,15,19H,5-6,13-14H2,1H3,(H,24,26). The van der Waals surface area contributed by atoms with E-state index >= 15 is 0 Å². The molecule has 4 rings (SSSR count). The van der Waals surface area contributed by atoms with E-state index in [0.717, 1.165) is 42.2 Å². The zero-order valence-electron chi connectivity index (χ0n) is 15.4. The van der Waals surface area contributed by atoms with Crippen LogP contribution in [0.1, 0.15) is 28.9 Å². The van der Waals surface area contributed by atoms with Crippen molar-refractivity contribution in [3.63, 3.8) is 0 Å². The van der Waals surface area contributed by atoms with E-state index in [4.69, 9.17) is 0 Å². The number of rotatable bonds is 4. The molecule has 1 unspecified atom stereocenters. The summed E-state index contributed by atoms with van der Waals surface area (Å²) in [5.41, 5.74) is 4.00. The van der Waals surface area contributed by atoms with Crippen molar-refractivity contribution in [2.24, 2.45) is 0 Å². The van der Waals surface area contributed by atoms with E-state index in [2.05, 4.69) is 39.5 Å². The van der Waals surface area contributed by atoms with E-state index in [9.17, 15) is 4.79 Å². The summed E-state index contributed by atoms with van der Waals surface area (Å²) in [6.45, 7) is 3.88. The van der Waals surface area contributed by atoms with Gasteiger partial charge in [-0.1, -0.05) is 30.3 Å². The molecule has 5 heteroatoms. The average molecular weight is 378 g/mol. The number of anilines is 1. The third-order valence-corrected chi connectivity index (χ3v) is 5.90. The average Bonchev–Trinajstić information content (AvgIpc) is 3.15. The first-order chi connectivity index (χ1) is 13.2. The lowest BCUT2D eigenvalue weighted by Gasteiger charge is -2.34. The van der Waals surface area contributed by atoms with Gasteiger partial charge in [-0.25, -0.2) is 4.98 Å². The zero-order chi connectivity index (χ0) is 18.6. The highest BCUT2D eigenvalue weighted by molar-refractivity contribution is 7.13. The molecular formula is C22H23N3OS. The fraction of sp³-hybridized carbons (Fsp3) is 0.273. The molecule has 0 radical (unpaired) electrons. The van der Waals surface area contributed by atoms with Crippen molar-refractivity contribution in [2.45, 2.75) is 25.8 Å². The van der Waals surface area contributed by atoms with Gasteiger partial charge in [-0.2, -0.15) is 0 Å². The number of carbonyl (C=O) groups excluding carboxylic acids is 1. The van der Waals surface area contributed by atoms with Crippen LogP contribution < -0.4 is 10.2 Å². The zero-order valence-corrected chi connectivity index (χ0v) is 16.2. The van der Waals surface area contributed by atoms with Gasteiger partial charge in [0.25, 0.3) is 5.91 Å². The topological polar surface area (TPSA) is 45.2 Å². The van der Waals surface area contributed by atoms with E-state index in [1.165, 1.54) is 5.69 Å². The van der Waals surface area contributed by atoms with Crippen LogP contribution in [0.5, 0.6) is 0 Å². The second-order valence-corrected chi connectivity index (χ2v) is 7.82. The summed E-state index contributed by atoms with van der Waals surface area (Å²) in [6.07, 6.45) is 2.10. The molecule has 2 heterocycles. The maximum absolute atomic E-state index is 12.7. The minimum absolute atomic E-state index is 0.00298. The fourth-order valence-corrected chi connectivity index (χ4v) is 4.29. The van der Waals surface area contributed by atoms with Crippen LogP contribution in [-0.4, -0.2) is 30.0 Å². The lowest BCUT2D eigenvalue weighted by molar-refractivity contribution is 0.0933. The highest BCUT2D eigenvalue weighted by atomic mass is 32.1. The number of piperidine rings is 1. The van der Waals surface area contributed by atoms with E-state index < -0.39 is 0 Å². The lowest BCUT2D eigenvalue weighted by atomic mass is 10.0. The first kappa shape index (κ1) is 17.7. The van der Waals surface area contributed by atoms with Gasteiger partial charge in [-0.3, -0.25) is 4.79 Å². The van der Waals surface area contributed by atoms with Gasteiger partial charge in [0.1, 0.15) is 5.01 Å². The van der Waals surface area contributed by atoms with Crippen LogP contribution in [0.2, 0.25) is 0 Å². The van der Waals surface area contributed by atoms with Gasteiger partial charge in [0.2, 0.25) is 0 Å². The number of aryl methyl sites for hydroxylation is 1. The number of carbonyl (C=O) groups is 1. The quantitative estimate of drug-likeness (QED) is 0.727. The van der Waals surface area contributed by atoms with Crippen LogP contribution in [0.15, 0.2) is 60.0 Å². The predicted molar refractivity (Wildman–Crippen MR) is 111 cm³/mol. The van der Waals surface area contributed by atoms with Crippen LogP contribution in [0.25, 0.3) is 10.6 Å². The van der Waals surface area contributed by atoms with Crippen LogP contribution in [0, 0.1) is 6.92 Å². The van der Waals surface area contributed by atoms with Crippen LogP contribution >= 0.6 is 11.3 Å². The number of nitrogens with zero attached hydrogens (tertiary/aromatic N) is 2. The number of aromatic nitrogens is 1. The summed E-state index contributed by atoms with van der Waals surface area (Å²) in [5, 5.41) is 6.23. The number of nitrogens with one attached hydrogen (secondary N) is 1. The Hall–Kier alpha value is -2.66. The maximum Gasteiger partial charge on any atom is 0.251 e. The summed E-state index contributed by atoms with van der Waals surface area (Å²) < 4.78 is 0. The van der Waals surface area contributed by atoms with Crippen LogP contribution in [-0.2, 0) is 0 Å². The molecule has 1 aliphatic heterocycles. The molecule has 1 atom stereocenters. The Labute approximate surface area is 163 Å². The van der Waals surface area contributed by atoms with Crippen molar-refractivity contribution in [3.8, 4) is 10.6 Å². The van der Waals surface area contributed by atoms with E-state index in [-0.39, 0.29) is 11.9 Å². The molecule has 0 saturated carbocycles. The Kier molecular flexibility index (Phi) is 5.21. The Morgan fingerprint density at radius 2 is 1.93 bits per heavy atom. The Morgan fingerprint density at radius 3 is 2.63 bits per heavy atom. The Balaban J connectivity index is 1.40. The molecule has 27 heavy (non-hydrogen) atoms.